The van der Waals surface area contributed by atoms with Crippen molar-refractivity contribution in [1.82, 2.24) is 16.0 Å². The molecule has 7 nitrogen and oxygen atoms in total. The second kappa shape index (κ2) is 10.9. The van der Waals surface area contributed by atoms with Crippen molar-refractivity contribution in [3.8, 4) is 11.5 Å². The number of benzene rings is 2. The molecule has 0 unspecified atom stereocenters. The summed E-state index contributed by atoms with van der Waals surface area (Å²) in [5, 5.41) is 8.64. The van der Waals surface area contributed by atoms with E-state index in [9.17, 15) is 18.0 Å². The average Bonchev–Trinajstić information content (AvgIpc) is 2.73. The number of methoxy groups -OCH3 is 1. The number of alkyl halides is 3. The highest BCUT2D eigenvalue weighted by Gasteiger charge is 2.31. The maximum atomic E-state index is 12.5. The van der Waals surface area contributed by atoms with Gasteiger partial charge in [-0.05, 0) is 24.3 Å². The summed E-state index contributed by atoms with van der Waals surface area (Å²) in [6.07, 6.45) is -4.77. The molecule has 0 bridgehead atoms. The van der Waals surface area contributed by atoms with Crippen molar-refractivity contribution >= 4 is 11.9 Å². The summed E-state index contributed by atoms with van der Waals surface area (Å²) in [4.78, 5) is 16.2. The molecule has 0 saturated heterocycles. The number of hydrogen-bond acceptors (Lipinski definition) is 4. The highest BCUT2D eigenvalue weighted by molar-refractivity contribution is 5.94. The summed E-state index contributed by atoms with van der Waals surface area (Å²) in [5.41, 5.74) is 0.794. The zero-order chi connectivity index (χ0) is 22.0. The molecule has 2 aromatic carbocycles. The minimum Gasteiger partial charge on any atom is -0.497 e. The highest BCUT2D eigenvalue weighted by Crippen LogP contribution is 2.26. The molecule has 0 heterocycles. The van der Waals surface area contributed by atoms with E-state index in [0.29, 0.717) is 35.9 Å². The molecule has 2 rings (SSSR count). The fraction of sp³-hybridized carbons (Fsp3) is 0.300. The van der Waals surface area contributed by atoms with Gasteiger partial charge in [0.25, 0.3) is 5.91 Å². The Morgan fingerprint density at radius 2 is 1.77 bits per heavy atom. The second-order valence-electron chi connectivity index (χ2n) is 6.00. The molecule has 0 spiro atoms. The number of carbonyl (C=O) groups excluding carboxylic acids is 1. The minimum absolute atomic E-state index is 0.0715. The summed E-state index contributed by atoms with van der Waals surface area (Å²) in [6, 6.07) is 12.6. The van der Waals surface area contributed by atoms with Gasteiger partial charge in [-0.2, -0.15) is 0 Å². The second-order valence-corrected chi connectivity index (χ2v) is 6.00. The van der Waals surface area contributed by atoms with Crippen LogP contribution in [0.25, 0.3) is 0 Å². The lowest BCUT2D eigenvalue weighted by Gasteiger charge is -2.15. The van der Waals surface area contributed by atoms with Crippen LogP contribution < -0.4 is 25.4 Å². The Hall–Kier alpha value is -3.43. The van der Waals surface area contributed by atoms with E-state index < -0.39 is 6.36 Å². The number of carbonyl (C=O) groups is 1. The van der Waals surface area contributed by atoms with Crippen molar-refractivity contribution in [3.63, 3.8) is 0 Å². The van der Waals surface area contributed by atoms with Crippen LogP contribution >= 0.6 is 0 Å². The van der Waals surface area contributed by atoms with Crippen LogP contribution in [0.15, 0.2) is 53.5 Å². The minimum atomic E-state index is -4.77. The molecule has 0 aliphatic heterocycles. The van der Waals surface area contributed by atoms with Crippen molar-refractivity contribution in [1.29, 1.82) is 0 Å². The third-order valence-corrected chi connectivity index (χ3v) is 3.90. The third-order valence-electron chi connectivity index (χ3n) is 3.90. The van der Waals surface area contributed by atoms with Crippen molar-refractivity contribution in [2.45, 2.75) is 12.9 Å². The molecule has 0 radical (unpaired) electrons. The van der Waals surface area contributed by atoms with Gasteiger partial charge >= 0.3 is 6.36 Å². The number of guanidine groups is 1. The van der Waals surface area contributed by atoms with E-state index in [1.54, 1.807) is 30.3 Å². The lowest BCUT2D eigenvalue weighted by atomic mass is 10.2. The normalized spacial score (nSPS) is 11.6. The number of nitrogens with one attached hydrogen (secondary N) is 3. The van der Waals surface area contributed by atoms with Gasteiger partial charge in [0.1, 0.15) is 11.5 Å². The molecule has 0 atom stereocenters. The van der Waals surface area contributed by atoms with Crippen LogP contribution in [0.3, 0.4) is 0 Å². The Balaban J connectivity index is 1.80. The van der Waals surface area contributed by atoms with Gasteiger partial charge in [-0.3, -0.25) is 9.79 Å². The number of nitrogens with zero attached hydrogens (tertiary/aromatic N) is 1. The van der Waals surface area contributed by atoms with E-state index in [2.05, 4.69) is 25.7 Å². The van der Waals surface area contributed by atoms with Crippen LogP contribution in [-0.4, -0.2) is 45.5 Å². The van der Waals surface area contributed by atoms with Crippen LogP contribution in [0.4, 0.5) is 13.2 Å². The molecule has 162 valence electrons. The fourth-order valence-electron chi connectivity index (χ4n) is 2.50. The maximum absolute atomic E-state index is 12.5. The molecule has 10 heteroatoms. The van der Waals surface area contributed by atoms with Gasteiger partial charge in [0.05, 0.1) is 7.11 Å². The van der Waals surface area contributed by atoms with Crippen LogP contribution in [0.2, 0.25) is 0 Å². The average molecular weight is 424 g/mol. The van der Waals surface area contributed by atoms with Crippen molar-refractivity contribution in [3.05, 3.63) is 59.7 Å². The van der Waals surface area contributed by atoms with Crippen LogP contribution in [-0.2, 0) is 6.54 Å². The Labute approximate surface area is 172 Å². The number of hydrogen-bond donors (Lipinski definition) is 3. The lowest BCUT2D eigenvalue weighted by molar-refractivity contribution is -0.274. The first-order chi connectivity index (χ1) is 14.3. The topological polar surface area (TPSA) is 84.0 Å². The van der Waals surface area contributed by atoms with E-state index in [4.69, 9.17) is 4.74 Å². The van der Waals surface area contributed by atoms with E-state index >= 15 is 0 Å². The first kappa shape index (κ1) is 22.9. The molecule has 0 aromatic heterocycles. The summed E-state index contributed by atoms with van der Waals surface area (Å²) in [5.74, 6) is 0.419. The van der Waals surface area contributed by atoms with Gasteiger partial charge in [0.2, 0.25) is 0 Å². The SMILES string of the molecule is CN=C(NCCNC(=O)c1cccc(OC)c1)NCc1ccccc1OC(F)(F)F. The van der Waals surface area contributed by atoms with Crippen LogP contribution in [0, 0.1) is 0 Å². The largest absolute Gasteiger partial charge is 0.573 e. The number of halogens is 3. The molecule has 3 N–H and O–H groups in total. The number of rotatable bonds is 8. The summed E-state index contributed by atoms with van der Waals surface area (Å²) >= 11 is 0. The lowest BCUT2D eigenvalue weighted by Crippen LogP contribution is -2.41. The Morgan fingerprint density at radius 1 is 1.03 bits per heavy atom. The number of ether oxygens (including phenoxy) is 2. The number of para-hydroxylation sites is 1. The molecular weight excluding hydrogens is 401 g/mol. The standard InChI is InChI=1S/C20H23F3N4O3/c1-24-19(27-13-15-6-3-4-9-17(15)30-20(21,22)23)26-11-10-25-18(28)14-7-5-8-16(12-14)29-2/h3-9,12H,10-11,13H2,1-2H3,(H,25,28)(H2,24,26,27). The van der Waals surface area contributed by atoms with Gasteiger partial charge in [0, 0.05) is 37.8 Å². The van der Waals surface area contributed by atoms with Gasteiger partial charge in [0.15, 0.2) is 5.96 Å². The molecule has 0 aliphatic rings. The molecule has 0 fully saturated rings. The zero-order valence-corrected chi connectivity index (χ0v) is 16.5. The third kappa shape index (κ3) is 7.53. The highest BCUT2D eigenvalue weighted by atomic mass is 19.4. The predicted molar refractivity (Wildman–Crippen MR) is 107 cm³/mol. The molecule has 1 amide bonds. The van der Waals surface area contributed by atoms with Crippen LogP contribution in [0.5, 0.6) is 11.5 Å². The van der Waals surface area contributed by atoms with Gasteiger partial charge < -0.3 is 25.4 Å². The molecule has 2 aromatic rings. The molecule has 0 saturated carbocycles. The summed E-state index contributed by atoms with van der Waals surface area (Å²) in [7, 11) is 3.05. The summed E-state index contributed by atoms with van der Waals surface area (Å²) in [6.45, 7) is 0.739. The van der Waals surface area contributed by atoms with Crippen molar-refractivity contribution < 1.29 is 27.4 Å². The van der Waals surface area contributed by atoms with E-state index in [1.807, 2.05) is 0 Å². The Bertz CT molecular complexity index is 872. The number of amides is 1. The van der Waals surface area contributed by atoms with Crippen LogP contribution in [0.1, 0.15) is 15.9 Å². The smallest absolute Gasteiger partial charge is 0.497 e. The first-order valence-electron chi connectivity index (χ1n) is 9.03. The number of aliphatic imine (C=N–C) groups is 1. The van der Waals surface area contributed by atoms with Gasteiger partial charge in [-0.25, -0.2) is 0 Å². The van der Waals surface area contributed by atoms with Gasteiger partial charge in [-0.1, -0.05) is 24.3 Å². The van der Waals surface area contributed by atoms with Crippen molar-refractivity contribution in [2.75, 3.05) is 27.2 Å². The van der Waals surface area contributed by atoms with E-state index in [0.717, 1.165) is 0 Å². The molecular formula is C20H23F3N4O3. The predicted octanol–water partition coefficient (Wildman–Crippen LogP) is 2.69. The maximum Gasteiger partial charge on any atom is 0.573 e. The zero-order valence-electron chi connectivity index (χ0n) is 16.5. The van der Waals surface area contributed by atoms with E-state index in [-0.39, 0.29) is 18.2 Å². The molecule has 0 aliphatic carbocycles. The van der Waals surface area contributed by atoms with E-state index in [1.165, 1.54) is 32.4 Å². The molecule has 30 heavy (non-hydrogen) atoms. The Morgan fingerprint density at radius 3 is 2.47 bits per heavy atom. The van der Waals surface area contributed by atoms with Crippen molar-refractivity contribution in [2.24, 2.45) is 4.99 Å². The quantitative estimate of drug-likeness (QED) is 0.345. The van der Waals surface area contributed by atoms with Gasteiger partial charge in [-0.15, -0.1) is 13.2 Å². The first-order valence-corrected chi connectivity index (χ1v) is 9.03. The Kier molecular flexibility index (Phi) is 8.33. The summed E-state index contributed by atoms with van der Waals surface area (Å²) < 4.78 is 46.6. The monoisotopic (exact) mass is 424 g/mol. The fourth-order valence-corrected chi connectivity index (χ4v) is 2.50.